The molecule has 1 fully saturated rings. The third-order valence-corrected chi connectivity index (χ3v) is 3.14. The highest BCUT2D eigenvalue weighted by Crippen LogP contribution is 2.16. The summed E-state index contributed by atoms with van der Waals surface area (Å²) in [6.07, 6.45) is 7.42. The number of amides is 1. The Balaban J connectivity index is 1.70. The Morgan fingerprint density at radius 1 is 1.47 bits per heavy atom. The summed E-state index contributed by atoms with van der Waals surface area (Å²) in [5, 5.41) is 6.25. The van der Waals surface area contributed by atoms with Gasteiger partial charge in [-0.25, -0.2) is 0 Å². The topological polar surface area (TPSA) is 54.0 Å². The molecular formula is C13H19N3O. The molecule has 1 amide bonds. The minimum absolute atomic E-state index is 0.0989. The number of pyridine rings is 1. The van der Waals surface area contributed by atoms with Gasteiger partial charge in [-0.15, -0.1) is 0 Å². The van der Waals surface area contributed by atoms with E-state index in [1.807, 2.05) is 0 Å². The Morgan fingerprint density at radius 3 is 3.00 bits per heavy atom. The zero-order valence-corrected chi connectivity index (χ0v) is 9.98. The molecule has 4 nitrogen and oxygen atoms in total. The van der Waals surface area contributed by atoms with Crippen molar-refractivity contribution in [1.82, 2.24) is 10.3 Å². The van der Waals surface area contributed by atoms with Crippen LogP contribution >= 0.6 is 0 Å². The van der Waals surface area contributed by atoms with Crippen LogP contribution in [0.4, 0.5) is 5.69 Å². The lowest BCUT2D eigenvalue weighted by Gasteiger charge is -2.22. The van der Waals surface area contributed by atoms with E-state index >= 15 is 0 Å². The first kappa shape index (κ1) is 12.0. The highest BCUT2D eigenvalue weighted by atomic mass is 16.1. The van der Waals surface area contributed by atoms with Crippen molar-refractivity contribution in [3.63, 3.8) is 0 Å². The summed E-state index contributed by atoms with van der Waals surface area (Å²) in [5.74, 6) is 0.758. The molecule has 1 aliphatic heterocycles. The highest BCUT2D eigenvalue weighted by molar-refractivity contribution is 5.90. The van der Waals surface area contributed by atoms with E-state index in [1.54, 1.807) is 24.5 Å². The van der Waals surface area contributed by atoms with E-state index in [2.05, 4.69) is 15.6 Å². The van der Waals surface area contributed by atoms with Gasteiger partial charge in [0.2, 0.25) is 5.91 Å². The van der Waals surface area contributed by atoms with Crippen LogP contribution in [-0.2, 0) is 4.79 Å². The number of hydrogen-bond acceptors (Lipinski definition) is 3. The van der Waals surface area contributed by atoms with Crippen LogP contribution in [-0.4, -0.2) is 24.0 Å². The largest absolute Gasteiger partial charge is 0.326 e. The fourth-order valence-corrected chi connectivity index (χ4v) is 2.16. The van der Waals surface area contributed by atoms with Crippen LogP contribution in [0.2, 0.25) is 0 Å². The normalized spacial score (nSPS) is 19.9. The summed E-state index contributed by atoms with van der Waals surface area (Å²) in [7, 11) is 0. The van der Waals surface area contributed by atoms with Crippen molar-refractivity contribution < 1.29 is 4.79 Å². The summed E-state index contributed by atoms with van der Waals surface area (Å²) in [6.45, 7) is 2.18. The molecule has 1 aromatic rings. The van der Waals surface area contributed by atoms with Gasteiger partial charge in [0.05, 0.1) is 0 Å². The molecule has 92 valence electrons. The molecule has 1 atom stereocenters. The number of aromatic nitrogens is 1. The van der Waals surface area contributed by atoms with Crippen molar-refractivity contribution in [3.05, 3.63) is 24.5 Å². The molecule has 0 bridgehead atoms. The number of piperidine rings is 1. The Kier molecular flexibility index (Phi) is 4.50. The Bertz CT molecular complexity index is 347. The molecule has 0 spiro atoms. The van der Waals surface area contributed by atoms with Gasteiger partial charge in [-0.1, -0.05) is 0 Å². The van der Waals surface area contributed by atoms with Gasteiger partial charge in [0.1, 0.15) is 0 Å². The second kappa shape index (κ2) is 6.35. The second-order valence-corrected chi connectivity index (χ2v) is 4.54. The molecule has 0 saturated carbocycles. The fraction of sp³-hybridized carbons (Fsp3) is 0.538. The lowest BCUT2D eigenvalue weighted by Crippen LogP contribution is -2.30. The third-order valence-electron chi connectivity index (χ3n) is 3.14. The first-order valence-corrected chi connectivity index (χ1v) is 6.25. The molecular weight excluding hydrogens is 214 g/mol. The monoisotopic (exact) mass is 233 g/mol. The van der Waals surface area contributed by atoms with Gasteiger partial charge in [0.15, 0.2) is 0 Å². The number of carbonyl (C=O) groups excluding carboxylic acids is 1. The summed E-state index contributed by atoms with van der Waals surface area (Å²) in [4.78, 5) is 15.6. The molecule has 2 N–H and O–H groups in total. The average molecular weight is 233 g/mol. The Labute approximate surface area is 102 Å². The molecule has 17 heavy (non-hydrogen) atoms. The zero-order valence-electron chi connectivity index (χ0n) is 9.98. The third kappa shape index (κ3) is 4.15. The first-order valence-electron chi connectivity index (χ1n) is 6.25. The molecule has 1 saturated heterocycles. The summed E-state index contributed by atoms with van der Waals surface area (Å²) >= 11 is 0. The van der Waals surface area contributed by atoms with Gasteiger partial charge in [-0.2, -0.15) is 0 Å². The summed E-state index contributed by atoms with van der Waals surface area (Å²) < 4.78 is 0. The van der Waals surface area contributed by atoms with Crippen LogP contribution in [0.5, 0.6) is 0 Å². The van der Waals surface area contributed by atoms with Gasteiger partial charge >= 0.3 is 0 Å². The SMILES string of the molecule is O=C(CCC1CCCNC1)Nc1ccncc1. The van der Waals surface area contributed by atoms with Gasteiger partial charge in [-0.3, -0.25) is 9.78 Å². The van der Waals surface area contributed by atoms with Gasteiger partial charge in [0, 0.05) is 24.5 Å². The maximum atomic E-state index is 11.7. The van der Waals surface area contributed by atoms with Crippen LogP contribution < -0.4 is 10.6 Å². The van der Waals surface area contributed by atoms with E-state index in [4.69, 9.17) is 0 Å². The van der Waals surface area contributed by atoms with E-state index in [-0.39, 0.29) is 5.91 Å². The first-order chi connectivity index (χ1) is 8.34. The number of rotatable bonds is 4. The Hall–Kier alpha value is -1.42. The molecule has 1 unspecified atom stereocenters. The van der Waals surface area contributed by atoms with E-state index in [1.165, 1.54) is 12.8 Å². The summed E-state index contributed by atoms with van der Waals surface area (Å²) in [5.41, 5.74) is 0.826. The molecule has 2 rings (SSSR count). The van der Waals surface area contributed by atoms with Gasteiger partial charge in [-0.05, 0) is 50.4 Å². The van der Waals surface area contributed by atoms with Crippen molar-refractivity contribution in [2.24, 2.45) is 5.92 Å². The number of anilines is 1. The number of nitrogens with one attached hydrogen (secondary N) is 2. The molecule has 4 heteroatoms. The van der Waals surface area contributed by atoms with Crippen molar-refractivity contribution in [1.29, 1.82) is 0 Å². The van der Waals surface area contributed by atoms with Crippen LogP contribution in [0.3, 0.4) is 0 Å². The van der Waals surface area contributed by atoms with Crippen molar-refractivity contribution in [2.75, 3.05) is 18.4 Å². The average Bonchev–Trinajstić information content (AvgIpc) is 2.39. The predicted molar refractivity (Wildman–Crippen MR) is 67.7 cm³/mol. The lowest BCUT2D eigenvalue weighted by molar-refractivity contribution is -0.116. The van der Waals surface area contributed by atoms with Crippen LogP contribution in [0.15, 0.2) is 24.5 Å². The Morgan fingerprint density at radius 2 is 2.29 bits per heavy atom. The summed E-state index contributed by atoms with van der Waals surface area (Å²) in [6, 6.07) is 3.61. The van der Waals surface area contributed by atoms with Crippen LogP contribution in [0.25, 0.3) is 0 Å². The van der Waals surface area contributed by atoms with Crippen LogP contribution in [0.1, 0.15) is 25.7 Å². The maximum absolute atomic E-state index is 11.7. The van der Waals surface area contributed by atoms with E-state index in [0.29, 0.717) is 12.3 Å². The lowest BCUT2D eigenvalue weighted by atomic mass is 9.94. The van der Waals surface area contributed by atoms with Gasteiger partial charge < -0.3 is 10.6 Å². The zero-order chi connectivity index (χ0) is 11.9. The van der Waals surface area contributed by atoms with Crippen molar-refractivity contribution in [2.45, 2.75) is 25.7 Å². The fourth-order valence-electron chi connectivity index (χ4n) is 2.16. The molecule has 0 aliphatic carbocycles. The quantitative estimate of drug-likeness (QED) is 0.833. The number of hydrogen-bond donors (Lipinski definition) is 2. The number of carbonyl (C=O) groups is 1. The number of nitrogens with zero attached hydrogens (tertiary/aromatic N) is 1. The molecule has 1 aliphatic rings. The highest BCUT2D eigenvalue weighted by Gasteiger charge is 2.14. The maximum Gasteiger partial charge on any atom is 0.224 e. The predicted octanol–water partition coefficient (Wildman–Crippen LogP) is 1.80. The smallest absolute Gasteiger partial charge is 0.224 e. The minimum atomic E-state index is 0.0989. The molecule has 2 heterocycles. The molecule has 1 aromatic heterocycles. The second-order valence-electron chi connectivity index (χ2n) is 4.54. The van der Waals surface area contributed by atoms with E-state index in [9.17, 15) is 4.79 Å². The van der Waals surface area contributed by atoms with E-state index < -0.39 is 0 Å². The van der Waals surface area contributed by atoms with Crippen molar-refractivity contribution >= 4 is 11.6 Å². The molecule has 0 radical (unpaired) electrons. The van der Waals surface area contributed by atoms with E-state index in [0.717, 1.165) is 25.2 Å². The van der Waals surface area contributed by atoms with Crippen molar-refractivity contribution in [3.8, 4) is 0 Å². The minimum Gasteiger partial charge on any atom is -0.326 e. The molecule has 0 aromatic carbocycles. The standard InChI is InChI=1S/C13H19N3O/c17-13(16-12-5-8-14-9-6-12)4-3-11-2-1-7-15-10-11/h5-6,8-9,11,15H,1-4,7,10H2,(H,14,16,17). The van der Waals surface area contributed by atoms with Crippen LogP contribution in [0, 0.1) is 5.92 Å². The van der Waals surface area contributed by atoms with Gasteiger partial charge in [0.25, 0.3) is 0 Å².